The molecule has 0 spiro atoms. The van der Waals surface area contributed by atoms with Gasteiger partial charge in [-0.25, -0.2) is 9.97 Å². The molecule has 124 valence electrons. The molecule has 1 aliphatic rings. The Labute approximate surface area is 137 Å². The molecule has 2 aromatic rings. The van der Waals surface area contributed by atoms with E-state index in [4.69, 9.17) is 0 Å². The van der Waals surface area contributed by atoms with Crippen LogP contribution in [0.15, 0.2) is 12.3 Å². The summed E-state index contributed by atoms with van der Waals surface area (Å²) < 4.78 is 2.12. The summed E-state index contributed by atoms with van der Waals surface area (Å²) in [5, 5.41) is 4.15. The van der Waals surface area contributed by atoms with E-state index in [0.29, 0.717) is 6.04 Å². The van der Waals surface area contributed by atoms with Gasteiger partial charge in [-0.3, -0.25) is 4.79 Å². The third-order valence-electron chi connectivity index (χ3n) is 4.93. The number of aryl methyl sites for hydroxylation is 1. The maximum Gasteiger partial charge on any atom is 0.268 e. The third kappa shape index (κ3) is 3.09. The standard InChI is InChI=1S/C18H26N4O/c1-4-15(5-2)22-16(18(23)21-14-8-6-7-9-14)10-13-11-19-12(3)20-17(13)22/h10-11,14-15H,4-9H2,1-3H3,(H,21,23). The molecule has 5 nitrogen and oxygen atoms in total. The Kier molecular flexibility index (Phi) is 4.64. The predicted octanol–water partition coefficient (Wildman–Crippen LogP) is 3.77. The van der Waals surface area contributed by atoms with Crippen molar-refractivity contribution in [2.75, 3.05) is 0 Å². The molecule has 0 aromatic carbocycles. The zero-order chi connectivity index (χ0) is 16.4. The van der Waals surface area contributed by atoms with Crippen molar-refractivity contribution in [2.24, 2.45) is 0 Å². The predicted molar refractivity (Wildman–Crippen MR) is 91.6 cm³/mol. The zero-order valence-electron chi connectivity index (χ0n) is 14.3. The fourth-order valence-corrected chi connectivity index (χ4v) is 3.62. The van der Waals surface area contributed by atoms with Crippen LogP contribution in [0.5, 0.6) is 0 Å². The molecule has 0 atom stereocenters. The molecule has 3 rings (SSSR count). The number of nitrogens with zero attached hydrogens (tertiary/aromatic N) is 3. The topological polar surface area (TPSA) is 59.8 Å². The van der Waals surface area contributed by atoms with Crippen LogP contribution in [0.4, 0.5) is 0 Å². The van der Waals surface area contributed by atoms with Crippen LogP contribution in [-0.2, 0) is 0 Å². The lowest BCUT2D eigenvalue weighted by molar-refractivity contribution is 0.0926. The summed E-state index contributed by atoms with van der Waals surface area (Å²) in [6, 6.07) is 2.55. The number of rotatable bonds is 5. The molecule has 1 amide bonds. The first-order chi connectivity index (χ1) is 11.1. The number of hydrogen-bond acceptors (Lipinski definition) is 3. The molecular formula is C18H26N4O. The molecule has 2 aromatic heterocycles. The summed E-state index contributed by atoms with van der Waals surface area (Å²) in [5.74, 6) is 0.769. The van der Waals surface area contributed by atoms with Crippen LogP contribution in [0.25, 0.3) is 11.0 Å². The lowest BCUT2D eigenvalue weighted by Gasteiger charge is -2.20. The van der Waals surface area contributed by atoms with E-state index in [1.165, 1.54) is 12.8 Å². The first kappa shape index (κ1) is 16.0. The van der Waals surface area contributed by atoms with Crippen molar-refractivity contribution in [1.29, 1.82) is 0 Å². The van der Waals surface area contributed by atoms with Gasteiger partial charge in [-0.15, -0.1) is 0 Å². The summed E-state index contributed by atoms with van der Waals surface area (Å²) in [4.78, 5) is 21.7. The molecule has 0 aliphatic heterocycles. The fourth-order valence-electron chi connectivity index (χ4n) is 3.62. The van der Waals surface area contributed by atoms with Gasteiger partial charge >= 0.3 is 0 Å². The Bertz CT molecular complexity index is 696. The van der Waals surface area contributed by atoms with E-state index in [1.54, 1.807) is 0 Å². The molecule has 1 N–H and O–H groups in total. The van der Waals surface area contributed by atoms with Crippen LogP contribution in [-0.4, -0.2) is 26.5 Å². The molecule has 0 radical (unpaired) electrons. The van der Waals surface area contributed by atoms with Crippen LogP contribution in [0.1, 0.15) is 74.7 Å². The van der Waals surface area contributed by atoms with Gasteiger partial charge in [-0.05, 0) is 38.7 Å². The summed E-state index contributed by atoms with van der Waals surface area (Å²) in [7, 11) is 0. The van der Waals surface area contributed by atoms with E-state index in [0.717, 1.165) is 48.2 Å². The van der Waals surface area contributed by atoms with Crippen molar-refractivity contribution in [3.05, 3.63) is 23.8 Å². The van der Waals surface area contributed by atoms with Gasteiger partial charge in [0.05, 0.1) is 0 Å². The number of aromatic nitrogens is 3. The Morgan fingerprint density at radius 2 is 2.04 bits per heavy atom. The fraction of sp³-hybridized carbons (Fsp3) is 0.611. The normalized spacial score (nSPS) is 15.7. The second kappa shape index (κ2) is 6.69. The van der Waals surface area contributed by atoms with Gasteiger partial charge in [0.1, 0.15) is 17.2 Å². The van der Waals surface area contributed by atoms with Crippen molar-refractivity contribution in [2.45, 2.75) is 71.4 Å². The number of amides is 1. The molecule has 0 saturated heterocycles. The Balaban J connectivity index is 2.03. The van der Waals surface area contributed by atoms with E-state index in [-0.39, 0.29) is 11.9 Å². The number of hydrogen-bond donors (Lipinski definition) is 1. The minimum Gasteiger partial charge on any atom is -0.348 e. The molecular weight excluding hydrogens is 288 g/mol. The molecule has 0 bridgehead atoms. The van der Waals surface area contributed by atoms with Crippen LogP contribution in [0, 0.1) is 6.92 Å². The van der Waals surface area contributed by atoms with Gasteiger partial charge in [0.25, 0.3) is 5.91 Å². The zero-order valence-corrected chi connectivity index (χ0v) is 14.3. The Hall–Kier alpha value is -1.91. The van der Waals surface area contributed by atoms with Crippen molar-refractivity contribution < 1.29 is 4.79 Å². The molecule has 1 aliphatic carbocycles. The molecule has 0 unspecified atom stereocenters. The largest absolute Gasteiger partial charge is 0.348 e. The van der Waals surface area contributed by atoms with Crippen molar-refractivity contribution in [1.82, 2.24) is 19.9 Å². The Morgan fingerprint density at radius 1 is 1.35 bits per heavy atom. The van der Waals surface area contributed by atoms with E-state index in [9.17, 15) is 4.79 Å². The monoisotopic (exact) mass is 314 g/mol. The van der Waals surface area contributed by atoms with Crippen LogP contribution >= 0.6 is 0 Å². The third-order valence-corrected chi connectivity index (χ3v) is 4.93. The number of nitrogens with one attached hydrogen (secondary N) is 1. The number of fused-ring (bicyclic) bond motifs is 1. The average molecular weight is 314 g/mol. The van der Waals surface area contributed by atoms with Crippen molar-refractivity contribution >= 4 is 16.9 Å². The van der Waals surface area contributed by atoms with Crippen LogP contribution < -0.4 is 5.32 Å². The molecule has 2 heterocycles. The lowest BCUT2D eigenvalue weighted by Crippen LogP contribution is -2.34. The number of carbonyl (C=O) groups excluding carboxylic acids is 1. The van der Waals surface area contributed by atoms with Gasteiger partial charge in [-0.1, -0.05) is 26.7 Å². The quantitative estimate of drug-likeness (QED) is 0.914. The summed E-state index contributed by atoms with van der Waals surface area (Å²) in [6.07, 6.45) is 8.39. The second-order valence-corrected chi connectivity index (χ2v) is 6.52. The maximum absolute atomic E-state index is 12.8. The van der Waals surface area contributed by atoms with E-state index < -0.39 is 0 Å². The average Bonchev–Trinajstić information content (AvgIpc) is 3.17. The highest BCUT2D eigenvalue weighted by molar-refractivity contribution is 5.98. The molecule has 23 heavy (non-hydrogen) atoms. The Morgan fingerprint density at radius 3 is 2.70 bits per heavy atom. The van der Waals surface area contributed by atoms with E-state index in [2.05, 4.69) is 33.7 Å². The van der Waals surface area contributed by atoms with Crippen molar-refractivity contribution in [3.8, 4) is 0 Å². The van der Waals surface area contributed by atoms with Crippen LogP contribution in [0.2, 0.25) is 0 Å². The SMILES string of the molecule is CCC(CC)n1c(C(=O)NC2CCCC2)cc2cnc(C)nc21. The minimum atomic E-state index is 0.0273. The maximum atomic E-state index is 12.8. The van der Waals surface area contributed by atoms with Gasteiger partial charge in [0.2, 0.25) is 0 Å². The highest BCUT2D eigenvalue weighted by Gasteiger charge is 2.24. The number of carbonyl (C=O) groups is 1. The first-order valence-corrected chi connectivity index (χ1v) is 8.79. The summed E-state index contributed by atoms with van der Waals surface area (Å²) in [5.41, 5.74) is 1.60. The summed E-state index contributed by atoms with van der Waals surface area (Å²) in [6.45, 7) is 6.21. The van der Waals surface area contributed by atoms with Crippen molar-refractivity contribution in [3.63, 3.8) is 0 Å². The highest BCUT2D eigenvalue weighted by atomic mass is 16.2. The van der Waals surface area contributed by atoms with Crippen LogP contribution in [0.3, 0.4) is 0 Å². The summed E-state index contributed by atoms with van der Waals surface area (Å²) >= 11 is 0. The van der Waals surface area contributed by atoms with E-state index in [1.807, 2.05) is 19.2 Å². The first-order valence-electron chi connectivity index (χ1n) is 8.79. The molecule has 1 saturated carbocycles. The van der Waals surface area contributed by atoms with Gasteiger partial charge in [-0.2, -0.15) is 0 Å². The van der Waals surface area contributed by atoms with Gasteiger partial charge in [0, 0.05) is 23.7 Å². The molecule has 5 heteroatoms. The highest BCUT2D eigenvalue weighted by Crippen LogP contribution is 2.27. The lowest BCUT2D eigenvalue weighted by atomic mass is 10.1. The second-order valence-electron chi connectivity index (χ2n) is 6.52. The smallest absolute Gasteiger partial charge is 0.268 e. The molecule has 1 fully saturated rings. The van der Waals surface area contributed by atoms with Gasteiger partial charge in [0.15, 0.2) is 0 Å². The van der Waals surface area contributed by atoms with E-state index >= 15 is 0 Å². The van der Waals surface area contributed by atoms with Gasteiger partial charge < -0.3 is 9.88 Å². The minimum absolute atomic E-state index is 0.0273.